The van der Waals surface area contributed by atoms with Gasteiger partial charge in [-0.2, -0.15) is 0 Å². The highest BCUT2D eigenvalue weighted by molar-refractivity contribution is 7.14. The standard InChI is InChI=1S/C16H18N4O2S/c17-7-14(21)18-8-15(22)20-16-19-13(9-23-16)12-5-4-10-2-1-3-11(10)6-12/h4-6,9H,1-3,7-8,17H2,(H,18,21)(H,19,20,22). The molecule has 1 aromatic heterocycles. The number of nitrogens with two attached hydrogens (primary N) is 1. The smallest absolute Gasteiger partial charge is 0.245 e. The van der Waals surface area contributed by atoms with Gasteiger partial charge in [0.2, 0.25) is 11.8 Å². The van der Waals surface area contributed by atoms with Crippen molar-refractivity contribution in [3.05, 3.63) is 34.7 Å². The Balaban J connectivity index is 1.64. The maximum Gasteiger partial charge on any atom is 0.245 e. The average molecular weight is 330 g/mol. The van der Waals surface area contributed by atoms with Crippen LogP contribution in [0.25, 0.3) is 11.3 Å². The molecule has 0 radical (unpaired) electrons. The molecule has 0 aliphatic heterocycles. The summed E-state index contributed by atoms with van der Waals surface area (Å²) < 4.78 is 0. The molecule has 1 aliphatic rings. The minimum absolute atomic E-state index is 0.107. The fourth-order valence-corrected chi connectivity index (χ4v) is 3.35. The molecular formula is C16H18N4O2S. The number of hydrogen-bond donors (Lipinski definition) is 3. The molecule has 7 heteroatoms. The van der Waals surface area contributed by atoms with Gasteiger partial charge in [0, 0.05) is 10.9 Å². The molecule has 120 valence electrons. The van der Waals surface area contributed by atoms with E-state index < -0.39 is 0 Å². The first-order valence-electron chi connectivity index (χ1n) is 7.50. The van der Waals surface area contributed by atoms with Crippen LogP contribution in [0.4, 0.5) is 5.13 Å². The Morgan fingerprint density at radius 3 is 2.87 bits per heavy atom. The van der Waals surface area contributed by atoms with Crippen molar-refractivity contribution in [1.82, 2.24) is 10.3 Å². The van der Waals surface area contributed by atoms with Crippen LogP contribution in [0, 0.1) is 0 Å². The van der Waals surface area contributed by atoms with Crippen LogP contribution in [0.1, 0.15) is 17.5 Å². The van der Waals surface area contributed by atoms with E-state index in [1.807, 2.05) is 5.38 Å². The van der Waals surface area contributed by atoms with Gasteiger partial charge in [0.15, 0.2) is 5.13 Å². The zero-order chi connectivity index (χ0) is 16.2. The van der Waals surface area contributed by atoms with Gasteiger partial charge in [-0.3, -0.25) is 9.59 Å². The molecule has 0 unspecified atom stereocenters. The molecule has 0 saturated carbocycles. The quantitative estimate of drug-likeness (QED) is 0.770. The zero-order valence-corrected chi connectivity index (χ0v) is 13.4. The minimum Gasteiger partial charge on any atom is -0.346 e. The molecule has 0 spiro atoms. The predicted octanol–water partition coefficient (Wildman–Crippen LogP) is 1.31. The first-order valence-corrected chi connectivity index (χ1v) is 8.38. The van der Waals surface area contributed by atoms with Gasteiger partial charge in [-0.15, -0.1) is 11.3 Å². The maximum absolute atomic E-state index is 11.7. The monoisotopic (exact) mass is 330 g/mol. The molecule has 1 heterocycles. The third-order valence-corrected chi connectivity index (χ3v) is 4.53. The Kier molecular flexibility index (Phi) is 4.68. The van der Waals surface area contributed by atoms with Crippen LogP contribution in [-0.4, -0.2) is 29.9 Å². The first-order chi connectivity index (χ1) is 11.2. The number of nitrogens with zero attached hydrogens (tertiary/aromatic N) is 1. The lowest BCUT2D eigenvalue weighted by Crippen LogP contribution is -2.36. The van der Waals surface area contributed by atoms with E-state index in [1.165, 1.54) is 28.9 Å². The topological polar surface area (TPSA) is 97.1 Å². The Bertz CT molecular complexity index is 741. The molecule has 6 nitrogen and oxygen atoms in total. The summed E-state index contributed by atoms with van der Waals surface area (Å²) in [5, 5.41) is 7.54. The molecule has 0 saturated heterocycles. The number of anilines is 1. The molecule has 0 fully saturated rings. The Morgan fingerprint density at radius 2 is 2.04 bits per heavy atom. The van der Waals surface area contributed by atoms with Crippen molar-refractivity contribution in [1.29, 1.82) is 0 Å². The summed E-state index contributed by atoms with van der Waals surface area (Å²) in [4.78, 5) is 27.2. The lowest BCUT2D eigenvalue weighted by Gasteiger charge is -2.03. The van der Waals surface area contributed by atoms with Crippen molar-refractivity contribution in [2.45, 2.75) is 19.3 Å². The van der Waals surface area contributed by atoms with E-state index in [2.05, 4.69) is 33.8 Å². The number of carbonyl (C=O) groups is 2. The minimum atomic E-state index is -0.363. The molecule has 23 heavy (non-hydrogen) atoms. The van der Waals surface area contributed by atoms with E-state index in [-0.39, 0.29) is 24.9 Å². The molecule has 0 atom stereocenters. The van der Waals surface area contributed by atoms with Gasteiger partial charge < -0.3 is 16.4 Å². The van der Waals surface area contributed by atoms with E-state index in [4.69, 9.17) is 5.73 Å². The van der Waals surface area contributed by atoms with Crippen LogP contribution < -0.4 is 16.4 Å². The van der Waals surface area contributed by atoms with Gasteiger partial charge >= 0.3 is 0 Å². The molecular weight excluding hydrogens is 312 g/mol. The highest BCUT2D eigenvalue weighted by atomic mass is 32.1. The number of amides is 2. The molecule has 2 amide bonds. The summed E-state index contributed by atoms with van der Waals surface area (Å²) in [5.74, 6) is -0.681. The molecule has 1 aromatic carbocycles. The van der Waals surface area contributed by atoms with Crippen molar-refractivity contribution in [3.8, 4) is 11.3 Å². The second-order valence-electron chi connectivity index (χ2n) is 5.40. The number of benzene rings is 1. The van der Waals surface area contributed by atoms with Crippen molar-refractivity contribution in [3.63, 3.8) is 0 Å². The van der Waals surface area contributed by atoms with Crippen LogP contribution in [0.5, 0.6) is 0 Å². The number of hydrogen-bond acceptors (Lipinski definition) is 5. The van der Waals surface area contributed by atoms with Gasteiger partial charge in [0.05, 0.1) is 18.8 Å². The number of carbonyl (C=O) groups excluding carboxylic acids is 2. The van der Waals surface area contributed by atoms with Crippen LogP contribution in [0.15, 0.2) is 23.6 Å². The van der Waals surface area contributed by atoms with Gasteiger partial charge in [-0.1, -0.05) is 12.1 Å². The average Bonchev–Trinajstić information content (AvgIpc) is 3.20. The van der Waals surface area contributed by atoms with E-state index >= 15 is 0 Å². The molecule has 4 N–H and O–H groups in total. The third-order valence-electron chi connectivity index (χ3n) is 3.78. The van der Waals surface area contributed by atoms with Crippen molar-refractivity contribution < 1.29 is 9.59 Å². The maximum atomic E-state index is 11.7. The number of thiazole rings is 1. The van der Waals surface area contributed by atoms with Crippen LogP contribution >= 0.6 is 11.3 Å². The molecule has 0 bridgehead atoms. The summed E-state index contributed by atoms with van der Waals surface area (Å²) in [5.41, 5.74) is 9.90. The van der Waals surface area contributed by atoms with Gasteiger partial charge in [-0.05, 0) is 36.5 Å². The predicted molar refractivity (Wildman–Crippen MR) is 90.3 cm³/mol. The number of fused-ring (bicyclic) bond motifs is 1. The fourth-order valence-electron chi connectivity index (χ4n) is 2.61. The summed E-state index contributed by atoms with van der Waals surface area (Å²) in [6.07, 6.45) is 3.49. The highest BCUT2D eigenvalue weighted by Crippen LogP contribution is 2.29. The lowest BCUT2D eigenvalue weighted by atomic mass is 10.1. The zero-order valence-electron chi connectivity index (χ0n) is 12.6. The van der Waals surface area contributed by atoms with E-state index in [9.17, 15) is 9.59 Å². The van der Waals surface area contributed by atoms with Gasteiger partial charge in [0.1, 0.15) is 0 Å². The van der Waals surface area contributed by atoms with Crippen LogP contribution in [0.2, 0.25) is 0 Å². The Morgan fingerprint density at radius 1 is 1.22 bits per heavy atom. The van der Waals surface area contributed by atoms with E-state index in [1.54, 1.807) is 0 Å². The normalized spacial score (nSPS) is 12.7. The Labute approximate surface area is 138 Å². The van der Waals surface area contributed by atoms with E-state index in [0.29, 0.717) is 5.13 Å². The first kappa shape index (κ1) is 15.6. The van der Waals surface area contributed by atoms with Gasteiger partial charge in [-0.25, -0.2) is 4.98 Å². The van der Waals surface area contributed by atoms with Crippen molar-refractivity contribution >= 4 is 28.3 Å². The second kappa shape index (κ2) is 6.89. The molecule has 3 rings (SSSR count). The van der Waals surface area contributed by atoms with Crippen LogP contribution in [-0.2, 0) is 22.4 Å². The largest absolute Gasteiger partial charge is 0.346 e. The number of aryl methyl sites for hydroxylation is 2. The highest BCUT2D eigenvalue weighted by Gasteiger charge is 2.13. The summed E-state index contributed by atoms with van der Waals surface area (Å²) in [7, 11) is 0. The fraction of sp³-hybridized carbons (Fsp3) is 0.312. The summed E-state index contributed by atoms with van der Waals surface area (Å²) in [6, 6.07) is 6.42. The second-order valence-corrected chi connectivity index (χ2v) is 6.26. The Hall–Kier alpha value is -2.25. The third kappa shape index (κ3) is 3.75. The molecule has 1 aliphatic carbocycles. The number of aromatic nitrogens is 1. The van der Waals surface area contributed by atoms with Crippen LogP contribution in [0.3, 0.4) is 0 Å². The van der Waals surface area contributed by atoms with Crippen molar-refractivity contribution in [2.75, 3.05) is 18.4 Å². The van der Waals surface area contributed by atoms with Crippen molar-refractivity contribution in [2.24, 2.45) is 5.73 Å². The van der Waals surface area contributed by atoms with Gasteiger partial charge in [0.25, 0.3) is 0 Å². The lowest BCUT2D eigenvalue weighted by molar-refractivity contribution is -0.123. The number of rotatable bonds is 5. The SMILES string of the molecule is NCC(=O)NCC(=O)Nc1nc(-c2ccc3c(c2)CCC3)cs1. The summed E-state index contributed by atoms with van der Waals surface area (Å²) in [6.45, 7) is -0.239. The van der Waals surface area contributed by atoms with E-state index in [0.717, 1.165) is 24.1 Å². The molecule has 2 aromatic rings. The summed E-state index contributed by atoms with van der Waals surface area (Å²) >= 11 is 1.37. The number of nitrogens with one attached hydrogen (secondary N) is 2.